The zero-order valence-corrected chi connectivity index (χ0v) is 10.7. The van der Waals surface area contributed by atoms with Crippen LogP contribution in [-0.2, 0) is 11.2 Å². The maximum absolute atomic E-state index is 13.2. The van der Waals surface area contributed by atoms with Gasteiger partial charge in [-0.3, -0.25) is 4.79 Å². The van der Waals surface area contributed by atoms with Gasteiger partial charge in [0.25, 0.3) is 0 Å². The molecule has 2 unspecified atom stereocenters. The third kappa shape index (κ3) is 3.75. The summed E-state index contributed by atoms with van der Waals surface area (Å²) in [6.45, 7) is 0. The van der Waals surface area contributed by atoms with Gasteiger partial charge in [-0.15, -0.1) is 0 Å². The standard InChI is InChI=1S/C15H18F2O2/c16-12-7-10(8-13(17)9-12)6-11-4-2-1-3-5-14(11)15(18)19/h7-9,11,14H,1-6H2,(H,18,19). The Labute approximate surface area is 111 Å². The van der Waals surface area contributed by atoms with Gasteiger partial charge >= 0.3 is 5.97 Å². The minimum atomic E-state index is -0.788. The molecule has 1 fully saturated rings. The van der Waals surface area contributed by atoms with E-state index in [4.69, 9.17) is 0 Å². The minimum Gasteiger partial charge on any atom is -0.481 e. The molecule has 2 nitrogen and oxygen atoms in total. The summed E-state index contributed by atoms with van der Waals surface area (Å²) in [5.41, 5.74) is 0.552. The van der Waals surface area contributed by atoms with Gasteiger partial charge < -0.3 is 5.11 Å². The molecule has 0 heterocycles. The first-order valence-electron chi connectivity index (χ1n) is 6.74. The molecular formula is C15H18F2O2. The highest BCUT2D eigenvalue weighted by Crippen LogP contribution is 2.32. The van der Waals surface area contributed by atoms with E-state index >= 15 is 0 Å². The fraction of sp³-hybridized carbons (Fsp3) is 0.533. The summed E-state index contributed by atoms with van der Waals surface area (Å²) >= 11 is 0. The van der Waals surface area contributed by atoms with E-state index < -0.39 is 23.5 Å². The highest BCUT2D eigenvalue weighted by atomic mass is 19.1. The third-order valence-corrected chi connectivity index (χ3v) is 3.90. The third-order valence-electron chi connectivity index (χ3n) is 3.90. The van der Waals surface area contributed by atoms with Crippen molar-refractivity contribution in [1.82, 2.24) is 0 Å². The second-order valence-electron chi connectivity index (χ2n) is 5.32. The van der Waals surface area contributed by atoms with Gasteiger partial charge in [-0.25, -0.2) is 8.78 Å². The normalized spacial score (nSPS) is 23.9. The van der Waals surface area contributed by atoms with Crippen molar-refractivity contribution in [3.63, 3.8) is 0 Å². The molecule has 1 N–H and O–H groups in total. The summed E-state index contributed by atoms with van der Waals surface area (Å²) < 4.78 is 26.3. The smallest absolute Gasteiger partial charge is 0.306 e. The van der Waals surface area contributed by atoms with Gasteiger partial charge in [-0.05, 0) is 42.9 Å². The van der Waals surface area contributed by atoms with Gasteiger partial charge in [0.05, 0.1) is 5.92 Å². The first-order valence-corrected chi connectivity index (χ1v) is 6.74. The van der Waals surface area contributed by atoms with Crippen molar-refractivity contribution >= 4 is 5.97 Å². The van der Waals surface area contributed by atoms with Crippen LogP contribution in [0.3, 0.4) is 0 Å². The Morgan fingerprint density at radius 3 is 2.37 bits per heavy atom. The lowest BCUT2D eigenvalue weighted by atomic mass is 9.83. The summed E-state index contributed by atoms with van der Waals surface area (Å²) in [7, 11) is 0. The van der Waals surface area contributed by atoms with Crippen LogP contribution in [0.5, 0.6) is 0 Å². The Kier molecular flexibility index (Phi) is 4.51. The molecule has 0 aliphatic heterocycles. The summed E-state index contributed by atoms with van der Waals surface area (Å²) in [5.74, 6) is -2.41. The molecule has 2 atom stereocenters. The average Bonchev–Trinajstić information content (AvgIpc) is 2.53. The number of benzene rings is 1. The molecule has 4 heteroatoms. The number of aliphatic carboxylic acids is 1. The SMILES string of the molecule is O=C(O)C1CCCCCC1Cc1cc(F)cc(F)c1. The topological polar surface area (TPSA) is 37.3 Å². The maximum atomic E-state index is 13.2. The molecule has 1 aliphatic rings. The van der Waals surface area contributed by atoms with Crippen LogP contribution in [0.4, 0.5) is 8.78 Å². The van der Waals surface area contributed by atoms with Crippen molar-refractivity contribution in [3.8, 4) is 0 Å². The number of carboxylic acids is 1. The lowest BCUT2D eigenvalue weighted by Gasteiger charge is -2.21. The van der Waals surface area contributed by atoms with E-state index in [1.54, 1.807) is 0 Å². The average molecular weight is 268 g/mol. The van der Waals surface area contributed by atoms with Crippen LogP contribution in [0.1, 0.15) is 37.7 Å². The first kappa shape index (κ1) is 14.0. The highest BCUT2D eigenvalue weighted by molar-refractivity contribution is 5.70. The molecule has 0 spiro atoms. The van der Waals surface area contributed by atoms with Crippen LogP contribution < -0.4 is 0 Å². The summed E-state index contributed by atoms with van der Waals surface area (Å²) in [6.07, 6.45) is 4.87. The molecule has 0 amide bonds. The zero-order valence-electron chi connectivity index (χ0n) is 10.7. The Balaban J connectivity index is 2.15. The van der Waals surface area contributed by atoms with Crippen LogP contribution in [0.2, 0.25) is 0 Å². The molecule has 1 aromatic carbocycles. The molecule has 1 saturated carbocycles. The van der Waals surface area contributed by atoms with E-state index in [1.165, 1.54) is 12.1 Å². The minimum absolute atomic E-state index is 0.0267. The van der Waals surface area contributed by atoms with Crippen molar-refractivity contribution in [2.24, 2.45) is 11.8 Å². The molecule has 0 bridgehead atoms. The van der Waals surface area contributed by atoms with Gasteiger partial charge in [-0.1, -0.05) is 19.3 Å². The number of rotatable bonds is 3. The van der Waals surface area contributed by atoms with Gasteiger partial charge in [0.15, 0.2) is 0 Å². The van der Waals surface area contributed by atoms with E-state index in [0.29, 0.717) is 18.4 Å². The molecule has 2 rings (SSSR count). The largest absolute Gasteiger partial charge is 0.481 e. The molecule has 0 aromatic heterocycles. The van der Waals surface area contributed by atoms with Crippen molar-refractivity contribution < 1.29 is 18.7 Å². The van der Waals surface area contributed by atoms with Crippen molar-refractivity contribution in [3.05, 3.63) is 35.4 Å². The van der Waals surface area contributed by atoms with E-state index in [9.17, 15) is 18.7 Å². The molecule has 19 heavy (non-hydrogen) atoms. The number of carboxylic acid groups (broad SMARTS) is 1. The van der Waals surface area contributed by atoms with E-state index in [-0.39, 0.29) is 5.92 Å². The van der Waals surface area contributed by atoms with Gasteiger partial charge in [0, 0.05) is 6.07 Å². The Morgan fingerprint density at radius 1 is 1.11 bits per heavy atom. The van der Waals surface area contributed by atoms with Crippen molar-refractivity contribution in [1.29, 1.82) is 0 Å². The predicted octanol–water partition coefficient (Wildman–Crippen LogP) is 3.79. The lowest BCUT2D eigenvalue weighted by Crippen LogP contribution is -2.24. The fourth-order valence-corrected chi connectivity index (χ4v) is 2.99. The summed E-state index contributed by atoms with van der Waals surface area (Å²) in [5, 5.41) is 9.27. The van der Waals surface area contributed by atoms with Gasteiger partial charge in [-0.2, -0.15) is 0 Å². The first-order chi connectivity index (χ1) is 9.06. The number of hydrogen-bond acceptors (Lipinski definition) is 1. The van der Waals surface area contributed by atoms with Crippen molar-refractivity contribution in [2.45, 2.75) is 38.5 Å². The summed E-state index contributed by atoms with van der Waals surface area (Å²) in [4.78, 5) is 11.3. The second-order valence-corrected chi connectivity index (χ2v) is 5.32. The van der Waals surface area contributed by atoms with Crippen LogP contribution >= 0.6 is 0 Å². The van der Waals surface area contributed by atoms with E-state index in [0.717, 1.165) is 31.7 Å². The van der Waals surface area contributed by atoms with Crippen LogP contribution in [0.25, 0.3) is 0 Å². The number of hydrogen-bond donors (Lipinski definition) is 1. The molecule has 104 valence electrons. The Morgan fingerprint density at radius 2 is 1.74 bits per heavy atom. The Hall–Kier alpha value is -1.45. The van der Waals surface area contributed by atoms with Crippen LogP contribution in [0.15, 0.2) is 18.2 Å². The van der Waals surface area contributed by atoms with Crippen molar-refractivity contribution in [2.75, 3.05) is 0 Å². The summed E-state index contributed by atoms with van der Waals surface area (Å²) in [6, 6.07) is 3.44. The fourth-order valence-electron chi connectivity index (χ4n) is 2.99. The quantitative estimate of drug-likeness (QED) is 0.847. The monoisotopic (exact) mass is 268 g/mol. The highest BCUT2D eigenvalue weighted by Gasteiger charge is 2.29. The van der Waals surface area contributed by atoms with E-state index in [1.807, 2.05) is 0 Å². The van der Waals surface area contributed by atoms with E-state index in [2.05, 4.69) is 0 Å². The molecule has 1 aromatic rings. The predicted molar refractivity (Wildman–Crippen MR) is 67.8 cm³/mol. The lowest BCUT2D eigenvalue weighted by molar-refractivity contribution is -0.143. The number of halogens is 2. The van der Waals surface area contributed by atoms with Crippen LogP contribution in [0, 0.1) is 23.5 Å². The number of carbonyl (C=O) groups is 1. The molecule has 0 saturated heterocycles. The second kappa shape index (κ2) is 6.13. The van der Waals surface area contributed by atoms with Gasteiger partial charge in [0.2, 0.25) is 0 Å². The Bertz CT molecular complexity index is 439. The van der Waals surface area contributed by atoms with Crippen LogP contribution in [-0.4, -0.2) is 11.1 Å². The molecular weight excluding hydrogens is 250 g/mol. The maximum Gasteiger partial charge on any atom is 0.306 e. The molecule has 0 radical (unpaired) electrons. The zero-order chi connectivity index (χ0) is 13.8. The van der Waals surface area contributed by atoms with Gasteiger partial charge in [0.1, 0.15) is 11.6 Å². The molecule has 1 aliphatic carbocycles.